The maximum absolute atomic E-state index is 6.02. The lowest BCUT2D eigenvalue weighted by molar-refractivity contribution is 0.638. The van der Waals surface area contributed by atoms with Crippen LogP contribution >= 0.6 is 11.6 Å². The number of aryl methyl sites for hydroxylation is 1. The lowest BCUT2D eigenvalue weighted by atomic mass is 10.1. The third-order valence-corrected chi connectivity index (χ3v) is 3.14. The van der Waals surface area contributed by atoms with Crippen LogP contribution in [0.4, 0.5) is 0 Å². The standard InChI is InChI=1S/C12H15ClN4/c1-8(14-3)10-5-4-6-15-12(10)17-7-11(13)9(2)16-17/h4-8,14H,1-3H3. The number of hydrogen-bond acceptors (Lipinski definition) is 3. The molecule has 2 aromatic heterocycles. The van der Waals surface area contributed by atoms with E-state index >= 15 is 0 Å². The molecule has 0 saturated carbocycles. The molecule has 0 saturated heterocycles. The zero-order valence-electron chi connectivity index (χ0n) is 10.1. The molecular weight excluding hydrogens is 236 g/mol. The van der Waals surface area contributed by atoms with Crippen molar-refractivity contribution in [1.29, 1.82) is 0 Å². The predicted molar refractivity (Wildman–Crippen MR) is 68.6 cm³/mol. The predicted octanol–water partition coefficient (Wildman–Crippen LogP) is 2.51. The van der Waals surface area contributed by atoms with E-state index in [2.05, 4.69) is 22.3 Å². The minimum absolute atomic E-state index is 0.210. The van der Waals surface area contributed by atoms with E-state index in [4.69, 9.17) is 11.6 Å². The molecule has 0 aliphatic carbocycles. The Balaban J connectivity index is 2.51. The molecule has 90 valence electrons. The number of rotatable bonds is 3. The summed E-state index contributed by atoms with van der Waals surface area (Å²) in [6, 6.07) is 4.17. The first-order valence-electron chi connectivity index (χ1n) is 5.47. The molecule has 5 heteroatoms. The lowest BCUT2D eigenvalue weighted by Gasteiger charge is -2.14. The van der Waals surface area contributed by atoms with Crippen LogP contribution in [0.15, 0.2) is 24.5 Å². The Morgan fingerprint density at radius 2 is 2.24 bits per heavy atom. The third-order valence-electron chi connectivity index (χ3n) is 2.77. The van der Waals surface area contributed by atoms with Gasteiger partial charge in [-0.1, -0.05) is 17.7 Å². The summed E-state index contributed by atoms with van der Waals surface area (Å²) in [5.74, 6) is 0.810. The minimum Gasteiger partial charge on any atom is -0.313 e. The number of aromatic nitrogens is 3. The van der Waals surface area contributed by atoms with Crippen LogP contribution in [0.5, 0.6) is 0 Å². The molecule has 2 rings (SSSR count). The van der Waals surface area contributed by atoms with Gasteiger partial charge in [-0.25, -0.2) is 9.67 Å². The summed E-state index contributed by atoms with van der Waals surface area (Å²) in [6.45, 7) is 3.96. The normalized spacial score (nSPS) is 12.7. The number of halogens is 1. The molecule has 2 heterocycles. The SMILES string of the molecule is CNC(C)c1cccnc1-n1cc(Cl)c(C)n1. The number of hydrogen-bond donors (Lipinski definition) is 1. The summed E-state index contributed by atoms with van der Waals surface area (Å²) >= 11 is 6.02. The topological polar surface area (TPSA) is 42.7 Å². The maximum atomic E-state index is 6.02. The maximum Gasteiger partial charge on any atom is 0.158 e. The zero-order chi connectivity index (χ0) is 12.4. The number of pyridine rings is 1. The van der Waals surface area contributed by atoms with Crippen LogP contribution in [0.2, 0.25) is 5.02 Å². The average molecular weight is 251 g/mol. The summed E-state index contributed by atoms with van der Waals surface area (Å²) < 4.78 is 1.72. The van der Waals surface area contributed by atoms with E-state index in [0.717, 1.165) is 17.1 Å². The van der Waals surface area contributed by atoms with Gasteiger partial charge in [-0.2, -0.15) is 5.10 Å². The van der Waals surface area contributed by atoms with Crippen LogP contribution in [0.25, 0.3) is 5.82 Å². The molecule has 0 radical (unpaired) electrons. The van der Waals surface area contributed by atoms with Gasteiger partial charge in [-0.15, -0.1) is 0 Å². The van der Waals surface area contributed by atoms with Crippen molar-refractivity contribution in [2.24, 2.45) is 0 Å². The van der Waals surface area contributed by atoms with Crippen molar-refractivity contribution in [3.63, 3.8) is 0 Å². The Kier molecular flexibility index (Phi) is 3.45. The van der Waals surface area contributed by atoms with Crippen LogP contribution in [0, 0.1) is 6.92 Å². The van der Waals surface area contributed by atoms with Crippen molar-refractivity contribution in [2.75, 3.05) is 7.05 Å². The van der Waals surface area contributed by atoms with Gasteiger partial charge in [0, 0.05) is 17.8 Å². The molecule has 0 amide bonds. The largest absolute Gasteiger partial charge is 0.313 e. The van der Waals surface area contributed by atoms with Crippen molar-refractivity contribution in [1.82, 2.24) is 20.1 Å². The second-order valence-electron chi connectivity index (χ2n) is 3.93. The zero-order valence-corrected chi connectivity index (χ0v) is 10.9. The van der Waals surface area contributed by atoms with E-state index in [1.54, 1.807) is 17.1 Å². The molecule has 0 aliphatic heterocycles. The van der Waals surface area contributed by atoms with Gasteiger partial charge in [0.25, 0.3) is 0 Å². The van der Waals surface area contributed by atoms with Gasteiger partial charge in [0.15, 0.2) is 5.82 Å². The molecule has 0 aromatic carbocycles. The molecule has 0 spiro atoms. The van der Waals surface area contributed by atoms with Gasteiger partial charge >= 0.3 is 0 Å². The number of nitrogens with zero attached hydrogens (tertiary/aromatic N) is 3. The first kappa shape index (κ1) is 12.1. The van der Waals surface area contributed by atoms with Gasteiger partial charge in [0.2, 0.25) is 0 Å². The van der Waals surface area contributed by atoms with Crippen LogP contribution < -0.4 is 5.32 Å². The molecule has 0 aliphatic rings. The van der Waals surface area contributed by atoms with Crippen molar-refractivity contribution in [3.05, 3.63) is 40.8 Å². The molecule has 2 aromatic rings. The summed E-state index contributed by atoms with van der Waals surface area (Å²) in [6.07, 6.45) is 3.54. The highest BCUT2D eigenvalue weighted by Crippen LogP contribution is 2.21. The molecule has 0 bridgehead atoms. The van der Waals surface area contributed by atoms with Gasteiger partial charge in [-0.05, 0) is 27.0 Å². The molecule has 0 fully saturated rings. The van der Waals surface area contributed by atoms with Gasteiger partial charge in [-0.3, -0.25) is 0 Å². The Hall–Kier alpha value is -1.39. The second kappa shape index (κ2) is 4.85. The second-order valence-corrected chi connectivity index (χ2v) is 4.34. The van der Waals surface area contributed by atoms with E-state index in [1.165, 1.54) is 0 Å². The highest BCUT2D eigenvalue weighted by atomic mass is 35.5. The van der Waals surface area contributed by atoms with Crippen molar-refractivity contribution in [2.45, 2.75) is 19.9 Å². The van der Waals surface area contributed by atoms with E-state index in [1.807, 2.05) is 26.1 Å². The van der Waals surface area contributed by atoms with E-state index in [9.17, 15) is 0 Å². The van der Waals surface area contributed by atoms with Gasteiger partial charge in [0.1, 0.15) is 0 Å². The minimum atomic E-state index is 0.210. The fraction of sp³-hybridized carbons (Fsp3) is 0.333. The molecule has 17 heavy (non-hydrogen) atoms. The first-order chi connectivity index (χ1) is 8.13. The molecule has 1 N–H and O–H groups in total. The average Bonchev–Trinajstić information content (AvgIpc) is 2.68. The fourth-order valence-corrected chi connectivity index (χ4v) is 1.77. The lowest BCUT2D eigenvalue weighted by Crippen LogP contribution is -2.16. The monoisotopic (exact) mass is 250 g/mol. The Morgan fingerprint density at radius 3 is 2.82 bits per heavy atom. The Bertz CT molecular complexity index is 501. The van der Waals surface area contributed by atoms with Crippen molar-refractivity contribution >= 4 is 11.6 Å². The van der Waals surface area contributed by atoms with Crippen LogP contribution in [-0.2, 0) is 0 Å². The quantitative estimate of drug-likeness (QED) is 0.910. The fourth-order valence-electron chi connectivity index (χ4n) is 1.64. The molecule has 1 unspecified atom stereocenters. The van der Waals surface area contributed by atoms with Crippen LogP contribution in [0.3, 0.4) is 0 Å². The number of nitrogens with one attached hydrogen (secondary N) is 1. The van der Waals surface area contributed by atoms with Crippen molar-refractivity contribution < 1.29 is 0 Å². The highest BCUT2D eigenvalue weighted by Gasteiger charge is 2.13. The molecule has 1 atom stereocenters. The smallest absolute Gasteiger partial charge is 0.158 e. The highest BCUT2D eigenvalue weighted by molar-refractivity contribution is 6.31. The van der Waals surface area contributed by atoms with E-state index < -0.39 is 0 Å². The van der Waals surface area contributed by atoms with Crippen molar-refractivity contribution in [3.8, 4) is 5.82 Å². The van der Waals surface area contributed by atoms with E-state index in [-0.39, 0.29) is 6.04 Å². The van der Waals surface area contributed by atoms with Crippen LogP contribution in [-0.4, -0.2) is 21.8 Å². The first-order valence-corrected chi connectivity index (χ1v) is 5.85. The summed E-state index contributed by atoms with van der Waals surface area (Å²) in [5, 5.41) is 8.20. The molecular formula is C12H15ClN4. The Morgan fingerprint density at radius 1 is 1.47 bits per heavy atom. The van der Waals surface area contributed by atoms with E-state index in [0.29, 0.717) is 5.02 Å². The summed E-state index contributed by atoms with van der Waals surface area (Å²) in [4.78, 5) is 4.37. The molecule has 4 nitrogen and oxygen atoms in total. The summed E-state index contributed by atoms with van der Waals surface area (Å²) in [7, 11) is 1.92. The van der Waals surface area contributed by atoms with Gasteiger partial charge in [0.05, 0.1) is 16.9 Å². The Labute approximate surface area is 106 Å². The van der Waals surface area contributed by atoms with Gasteiger partial charge < -0.3 is 5.32 Å². The third kappa shape index (κ3) is 2.33. The van der Waals surface area contributed by atoms with Crippen LogP contribution in [0.1, 0.15) is 24.2 Å². The summed E-state index contributed by atoms with van der Waals surface area (Å²) in [5.41, 5.74) is 1.90.